The number of allylic oxidation sites excluding steroid dienone is 1. The molecule has 0 saturated heterocycles. The van der Waals surface area contributed by atoms with Crippen LogP contribution in [-0.4, -0.2) is 16.3 Å². The molecule has 1 rings (SSSR count). The number of carbonyl (C=O) groups excluding carboxylic acids is 1. The van der Waals surface area contributed by atoms with Crippen molar-refractivity contribution in [3.05, 3.63) is 11.1 Å². The number of unbranched alkanes of at least 4 members (excludes halogenated alkanes) is 2. The standard InChI is InChI=1S/C11H20N2OS/c1-3-5-6-7-10(14)13-8-9(4-2)15-11(13)12/h8,11H,3-7,12H2,1-2H3. The molecular weight excluding hydrogens is 208 g/mol. The molecule has 2 N–H and O–H groups in total. The van der Waals surface area contributed by atoms with Crippen LogP contribution in [0.3, 0.4) is 0 Å². The van der Waals surface area contributed by atoms with Gasteiger partial charge < -0.3 is 5.73 Å². The summed E-state index contributed by atoms with van der Waals surface area (Å²) in [5.74, 6) is 0.159. The van der Waals surface area contributed by atoms with E-state index in [0.717, 1.165) is 25.7 Å². The van der Waals surface area contributed by atoms with E-state index in [1.165, 1.54) is 4.91 Å². The number of thioether (sulfide) groups is 1. The monoisotopic (exact) mass is 228 g/mol. The third-order valence-corrected chi connectivity index (χ3v) is 3.63. The number of hydrogen-bond donors (Lipinski definition) is 1. The van der Waals surface area contributed by atoms with Gasteiger partial charge in [-0.25, -0.2) is 0 Å². The predicted molar refractivity (Wildman–Crippen MR) is 64.9 cm³/mol. The van der Waals surface area contributed by atoms with Gasteiger partial charge in [0.25, 0.3) is 0 Å². The van der Waals surface area contributed by atoms with Crippen molar-refractivity contribution in [1.29, 1.82) is 0 Å². The van der Waals surface area contributed by atoms with Gasteiger partial charge >= 0.3 is 0 Å². The van der Waals surface area contributed by atoms with E-state index in [2.05, 4.69) is 13.8 Å². The zero-order valence-corrected chi connectivity index (χ0v) is 10.3. The molecule has 4 heteroatoms. The third kappa shape index (κ3) is 3.54. The van der Waals surface area contributed by atoms with Crippen LogP contribution in [0.5, 0.6) is 0 Å². The lowest BCUT2D eigenvalue weighted by atomic mass is 10.2. The Balaban J connectivity index is 2.42. The lowest BCUT2D eigenvalue weighted by Crippen LogP contribution is -2.37. The van der Waals surface area contributed by atoms with Crippen LogP contribution in [0.1, 0.15) is 46.0 Å². The first kappa shape index (κ1) is 12.6. The van der Waals surface area contributed by atoms with Crippen molar-refractivity contribution in [3.63, 3.8) is 0 Å². The number of carbonyl (C=O) groups is 1. The molecule has 1 atom stereocenters. The molecule has 15 heavy (non-hydrogen) atoms. The average Bonchev–Trinajstić information content (AvgIpc) is 2.60. The average molecular weight is 228 g/mol. The second kappa shape index (κ2) is 6.18. The lowest BCUT2D eigenvalue weighted by Gasteiger charge is -2.18. The number of amides is 1. The van der Waals surface area contributed by atoms with Crippen LogP contribution in [-0.2, 0) is 4.79 Å². The second-order valence-electron chi connectivity index (χ2n) is 3.72. The van der Waals surface area contributed by atoms with Gasteiger partial charge in [0.1, 0.15) is 5.50 Å². The molecule has 0 radical (unpaired) electrons. The van der Waals surface area contributed by atoms with Gasteiger partial charge in [0, 0.05) is 17.5 Å². The summed E-state index contributed by atoms with van der Waals surface area (Å²) >= 11 is 1.59. The summed E-state index contributed by atoms with van der Waals surface area (Å²) in [6.07, 6.45) is 6.71. The molecule has 1 aliphatic heterocycles. The molecule has 0 saturated carbocycles. The Kier molecular flexibility index (Phi) is 5.19. The number of hydrogen-bond acceptors (Lipinski definition) is 3. The van der Waals surface area contributed by atoms with Crippen molar-refractivity contribution in [2.75, 3.05) is 0 Å². The minimum absolute atomic E-state index is 0.159. The minimum Gasteiger partial charge on any atom is -0.302 e. The van der Waals surface area contributed by atoms with Gasteiger partial charge in [-0.3, -0.25) is 9.69 Å². The second-order valence-corrected chi connectivity index (χ2v) is 4.96. The molecule has 1 aliphatic rings. The fourth-order valence-electron chi connectivity index (χ4n) is 1.51. The van der Waals surface area contributed by atoms with Crippen LogP contribution in [0.15, 0.2) is 11.1 Å². The van der Waals surface area contributed by atoms with Crippen LogP contribution in [0, 0.1) is 0 Å². The smallest absolute Gasteiger partial charge is 0.228 e. The molecule has 3 nitrogen and oxygen atoms in total. The first-order valence-electron chi connectivity index (χ1n) is 5.63. The molecule has 1 unspecified atom stereocenters. The maximum Gasteiger partial charge on any atom is 0.228 e. The summed E-state index contributed by atoms with van der Waals surface area (Å²) in [4.78, 5) is 14.7. The molecule has 0 fully saturated rings. The van der Waals surface area contributed by atoms with Gasteiger partial charge in [-0.2, -0.15) is 0 Å². The van der Waals surface area contributed by atoms with Crippen LogP contribution in [0.2, 0.25) is 0 Å². The maximum absolute atomic E-state index is 11.8. The van der Waals surface area contributed by atoms with Crippen LogP contribution < -0.4 is 5.73 Å². The van der Waals surface area contributed by atoms with Crippen LogP contribution in [0.25, 0.3) is 0 Å². The number of rotatable bonds is 5. The minimum atomic E-state index is -0.200. The zero-order chi connectivity index (χ0) is 11.3. The summed E-state index contributed by atoms with van der Waals surface area (Å²) < 4.78 is 0. The van der Waals surface area contributed by atoms with E-state index in [0.29, 0.717) is 6.42 Å². The Morgan fingerprint density at radius 1 is 1.53 bits per heavy atom. The van der Waals surface area contributed by atoms with Crippen LogP contribution in [0.4, 0.5) is 0 Å². The summed E-state index contributed by atoms with van der Waals surface area (Å²) in [5.41, 5.74) is 5.67. The highest BCUT2D eigenvalue weighted by atomic mass is 32.2. The summed E-state index contributed by atoms with van der Waals surface area (Å²) in [6.45, 7) is 4.22. The van der Waals surface area contributed by atoms with Crippen molar-refractivity contribution < 1.29 is 4.79 Å². The topological polar surface area (TPSA) is 46.3 Å². The SMILES string of the molecule is CCCCCC(=O)N1C=C(CC)SC1N. The molecule has 0 bridgehead atoms. The molecule has 1 amide bonds. The third-order valence-electron chi connectivity index (χ3n) is 2.46. The van der Waals surface area contributed by atoms with Gasteiger partial charge in [0.05, 0.1) is 0 Å². The van der Waals surface area contributed by atoms with Gasteiger partial charge in [-0.05, 0) is 12.8 Å². The summed E-state index contributed by atoms with van der Waals surface area (Å²) in [5, 5.41) is 0. The molecule has 0 aliphatic carbocycles. The highest BCUT2D eigenvalue weighted by Crippen LogP contribution is 2.32. The van der Waals surface area contributed by atoms with E-state index in [-0.39, 0.29) is 11.4 Å². The Morgan fingerprint density at radius 2 is 2.27 bits per heavy atom. The predicted octanol–water partition coefficient (Wildman–Crippen LogP) is 2.64. The van der Waals surface area contributed by atoms with E-state index < -0.39 is 0 Å². The van der Waals surface area contributed by atoms with E-state index in [1.807, 2.05) is 6.20 Å². The fraction of sp³-hybridized carbons (Fsp3) is 0.727. The molecule has 0 aromatic carbocycles. The van der Waals surface area contributed by atoms with Crippen molar-refractivity contribution in [2.45, 2.75) is 51.4 Å². The molecule has 86 valence electrons. The Labute approximate surface area is 96.1 Å². The largest absolute Gasteiger partial charge is 0.302 e. The van der Waals surface area contributed by atoms with Crippen molar-refractivity contribution >= 4 is 17.7 Å². The number of nitrogens with two attached hydrogens (primary N) is 1. The summed E-state index contributed by atoms with van der Waals surface area (Å²) in [7, 11) is 0. The first-order valence-corrected chi connectivity index (χ1v) is 6.51. The lowest BCUT2D eigenvalue weighted by molar-refractivity contribution is -0.129. The van der Waals surface area contributed by atoms with E-state index in [9.17, 15) is 4.79 Å². The zero-order valence-electron chi connectivity index (χ0n) is 9.53. The highest BCUT2D eigenvalue weighted by Gasteiger charge is 2.25. The van der Waals surface area contributed by atoms with Gasteiger partial charge in [-0.15, -0.1) is 0 Å². The van der Waals surface area contributed by atoms with Gasteiger partial charge in [0.2, 0.25) is 5.91 Å². The van der Waals surface area contributed by atoms with Gasteiger partial charge in [-0.1, -0.05) is 38.5 Å². The van der Waals surface area contributed by atoms with E-state index >= 15 is 0 Å². The molecule has 0 spiro atoms. The quantitative estimate of drug-likeness (QED) is 0.736. The molecule has 0 aromatic heterocycles. The molecule has 1 heterocycles. The Hall–Kier alpha value is -0.480. The van der Waals surface area contributed by atoms with Crippen LogP contribution >= 0.6 is 11.8 Å². The molecule has 0 aromatic rings. The fourth-order valence-corrected chi connectivity index (χ4v) is 2.46. The summed E-state index contributed by atoms with van der Waals surface area (Å²) in [6, 6.07) is 0. The number of nitrogens with zero attached hydrogens (tertiary/aromatic N) is 1. The van der Waals surface area contributed by atoms with Crippen molar-refractivity contribution in [1.82, 2.24) is 4.90 Å². The maximum atomic E-state index is 11.8. The van der Waals surface area contributed by atoms with Crippen molar-refractivity contribution in [2.24, 2.45) is 5.73 Å². The van der Waals surface area contributed by atoms with E-state index in [1.54, 1.807) is 16.7 Å². The Morgan fingerprint density at radius 3 is 2.80 bits per heavy atom. The first-order chi connectivity index (χ1) is 7.19. The normalized spacial score (nSPS) is 20.6. The van der Waals surface area contributed by atoms with E-state index in [4.69, 9.17) is 5.73 Å². The molecular formula is C11H20N2OS. The van der Waals surface area contributed by atoms with Gasteiger partial charge in [0.15, 0.2) is 0 Å². The highest BCUT2D eigenvalue weighted by molar-refractivity contribution is 8.03. The Bertz CT molecular complexity index is 253. The van der Waals surface area contributed by atoms with Crippen molar-refractivity contribution in [3.8, 4) is 0 Å².